The van der Waals surface area contributed by atoms with Crippen molar-refractivity contribution in [3.8, 4) is 0 Å². The highest BCUT2D eigenvalue weighted by Gasteiger charge is 2.25. The first-order chi connectivity index (χ1) is 7.75. The van der Waals surface area contributed by atoms with Gasteiger partial charge in [-0.05, 0) is 43.5 Å². The predicted octanol–water partition coefficient (Wildman–Crippen LogP) is 3.44. The normalized spacial score (nSPS) is 18.0. The Hall–Kier alpha value is -1.50. The van der Waals surface area contributed by atoms with Gasteiger partial charge in [0.25, 0.3) is 0 Å². The summed E-state index contributed by atoms with van der Waals surface area (Å²) in [7, 11) is 0. The van der Waals surface area contributed by atoms with E-state index in [9.17, 15) is 0 Å². The van der Waals surface area contributed by atoms with E-state index < -0.39 is 0 Å². The van der Waals surface area contributed by atoms with Crippen LogP contribution in [-0.2, 0) is 13.0 Å². The zero-order valence-corrected chi connectivity index (χ0v) is 9.90. The van der Waals surface area contributed by atoms with Crippen LogP contribution in [0.4, 0.5) is 0 Å². The van der Waals surface area contributed by atoms with E-state index in [1.807, 2.05) is 0 Å². The summed E-state index contributed by atoms with van der Waals surface area (Å²) in [5.74, 6) is 0.723. The molecule has 0 radical (unpaired) electrons. The number of fused-ring (bicyclic) bond motifs is 1. The van der Waals surface area contributed by atoms with Gasteiger partial charge in [-0.25, -0.2) is 0 Å². The first-order valence-electron chi connectivity index (χ1n) is 5.96. The molecule has 1 atom stereocenters. The summed E-state index contributed by atoms with van der Waals surface area (Å²) < 4.78 is 2.43. The number of benzene rings is 1. The van der Waals surface area contributed by atoms with Crippen molar-refractivity contribution in [2.24, 2.45) is 0 Å². The molecule has 1 nitrogen and oxygen atoms in total. The van der Waals surface area contributed by atoms with Crippen molar-refractivity contribution < 1.29 is 0 Å². The topological polar surface area (TPSA) is 4.93 Å². The van der Waals surface area contributed by atoms with Crippen LogP contribution in [0.3, 0.4) is 0 Å². The third-order valence-electron chi connectivity index (χ3n) is 3.78. The molecule has 0 spiro atoms. The summed E-state index contributed by atoms with van der Waals surface area (Å²) in [5, 5.41) is 0. The van der Waals surface area contributed by atoms with E-state index in [4.69, 9.17) is 0 Å². The van der Waals surface area contributed by atoms with Gasteiger partial charge in [-0.1, -0.05) is 24.3 Å². The van der Waals surface area contributed by atoms with Crippen LogP contribution in [0.1, 0.15) is 28.4 Å². The molecule has 1 aromatic carbocycles. The largest absolute Gasteiger partial charge is 0.349 e. The molecule has 0 amide bonds. The Morgan fingerprint density at radius 2 is 1.75 bits per heavy atom. The third kappa shape index (κ3) is 1.39. The van der Waals surface area contributed by atoms with Crippen molar-refractivity contribution in [3.63, 3.8) is 0 Å². The number of rotatable bonds is 2. The van der Waals surface area contributed by atoms with E-state index in [-0.39, 0.29) is 0 Å². The van der Waals surface area contributed by atoms with Crippen LogP contribution in [-0.4, -0.2) is 4.57 Å². The molecule has 0 N–H and O–H groups in total. The van der Waals surface area contributed by atoms with Crippen molar-refractivity contribution in [1.82, 2.24) is 4.57 Å². The van der Waals surface area contributed by atoms with Gasteiger partial charge in [-0.3, -0.25) is 0 Å². The minimum atomic E-state index is 0.723. The molecular formula is C15H17N. The molecule has 1 aliphatic carbocycles. The molecule has 0 aliphatic heterocycles. The Morgan fingerprint density at radius 1 is 1.06 bits per heavy atom. The maximum absolute atomic E-state index is 2.43. The highest BCUT2D eigenvalue weighted by Crippen LogP contribution is 2.36. The van der Waals surface area contributed by atoms with Crippen molar-refractivity contribution >= 4 is 0 Å². The van der Waals surface area contributed by atoms with Crippen LogP contribution in [0.2, 0.25) is 0 Å². The zero-order valence-electron chi connectivity index (χ0n) is 9.90. The second-order valence-electron chi connectivity index (χ2n) is 4.83. The average Bonchev–Trinajstić information content (AvgIpc) is 2.56. The van der Waals surface area contributed by atoms with Gasteiger partial charge in [0.05, 0.1) is 0 Å². The second-order valence-corrected chi connectivity index (χ2v) is 4.83. The maximum Gasteiger partial charge on any atom is 0.0296 e. The van der Waals surface area contributed by atoms with Gasteiger partial charge in [0.1, 0.15) is 0 Å². The summed E-state index contributed by atoms with van der Waals surface area (Å²) in [5.41, 5.74) is 5.84. The molecule has 2 aromatic rings. The summed E-state index contributed by atoms with van der Waals surface area (Å²) in [6.07, 6.45) is 1.24. The Morgan fingerprint density at radius 3 is 2.44 bits per heavy atom. The van der Waals surface area contributed by atoms with Gasteiger partial charge in [0.15, 0.2) is 0 Å². The van der Waals surface area contributed by atoms with Gasteiger partial charge < -0.3 is 4.57 Å². The van der Waals surface area contributed by atoms with Gasteiger partial charge in [-0.15, -0.1) is 0 Å². The van der Waals surface area contributed by atoms with Crippen molar-refractivity contribution in [2.45, 2.75) is 32.7 Å². The summed E-state index contributed by atoms with van der Waals surface area (Å²) in [4.78, 5) is 0. The first-order valence-corrected chi connectivity index (χ1v) is 5.96. The molecular weight excluding hydrogens is 194 g/mol. The van der Waals surface area contributed by atoms with Crippen molar-refractivity contribution in [2.75, 3.05) is 0 Å². The van der Waals surface area contributed by atoms with E-state index in [1.165, 1.54) is 23.4 Å². The number of aryl methyl sites for hydroxylation is 2. The molecule has 0 saturated carbocycles. The average molecular weight is 211 g/mol. The van der Waals surface area contributed by atoms with Crippen molar-refractivity contribution in [3.05, 3.63) is 58.9 Å². The SMILES string of the molecule is Cc1ccc(C)n1CC1Cc2ccccc21. The standard InChI is InChI=1S/C15H17N/c1-11-7-8-12(2)16(11)10-14-9-13-5-3-4-6-15(13)14/h3-8,14H,9-10H2,1-2H3. The lowest BCUT2D eigenvalue weighted by atomic mass is 9.77. The summed E-state index contributed by atoms with van der Waals surface area (Å²) >= 11 is 0. The van der Waals surface area contributed by atoms with Gasteiger partial charge >= 0.3 is 0 Å². The fraction of sp³-hybridized carbons (Fsp3) is 0.333. The van der Waals surface area contributed by atoms with Gasteiger partial charge in [0.2, 0.25) is 0 Å². The molecule has 1 heteroatoms. The Balaban J connectivity index is 1.84. The smallest absolute Gasteiger partial charge is 0.0296 e. The molecule has 1 aromatic heterocycles. The number of hydrogen-bond acceptors (Lipinski definition) is 0. The van der Waals surface area contributed by atoms with E-state index >= 15 is 0 Å². The molecule has 1 unspecified atom stereocenters. The minimum Gasteiger partial charge on any atom is -0.349 e. The van der Waals surface area contributed by atoms with Crippen molar-refractivity contribution in [1.29, 1.82) is 0 Å². The lowest BCUT2D eigenvalue weighted by Crippen LogP contribution is -2.22. The van der Waals surface area contributed by atoms with Crippen LogP contribution in [0.5, 0.6) is 0 Å². The Kier molecular flexibility index (Phi) is 2.13. The second kappa shape index (κ2) is 3.51. The van der Waals surface area contributed by atoms with Crippen LogP contribution < -0.4 is 0 Å². The quantitative estimate of drug-likeness (QED) is 0.717. The van der Waals surface area contributed by atoms with E-state index in [0.29, 0.717) is 0 Å². The van der Waals surface area contributed by atoms with E-state index in [0.717, 1.165) is 12.5 Å². The zero-order chi connectivity index (χ0) is 11.1. The third-order valence-corrected chi connectivity index (χ3v) is 3.78. The molecule has 0 saturated heterocycles. The molecule has 1 aliphatic rings. The highest BCUT2D eigenvalue weighted by atomic mass is 15.0. The monoisotopic (exact) mass is 211 g/mol. The lowest BCUT2D eigenvalue weighted by Gasteiger charge is -2.31. The lowest BCUT2D eigenvalue weighted by molar-refractivity contribution is 0.497. The molecule has 16 heavy (non-hydrogen) atoms. The molecule has 0 bridgehead atoms. The van der Waals surface area contributed by atoms with E-state index in [2.05, 4.69) is 54.8 Å². The van der Waals surface area contributed by atoms with Crippen LogP contribution in [0.15, 0.2) is 36.4 Å². The fourth-order valence-electron chi connectivity index (χ4n) is 2.73. The number of hydrogen-bond donors (Lipinski definition) is 0. The molecule has 1 heterocycles. The summed E-state index contributed by atoms with van der Waals surface area (Å²) in [6.45, 7) is 5.52. The summed E-state index contributed by atoms with van der Waals surface area (Å²) in [6, 6.07) is 13.2. The van der Waals surface area contributed by atoms with Crippen LogP contribution in [0, 0.1) is 13.8 Å². The predicted molar refractivity (Wildman–Crippen MR) is 66.8 cm³/mol. The Labute approximate surface area is 96.7 Å². The molecule has 82 valence electrons. The number of nitrogens with zero attached hydrogens (tertiary/aromatic N) is 1. The maximum atomic E-state index is 2.43. The Bertz CT molecular complexity index is 502. The van der Waals surface area contributed by atoms with Gasteiger partial charge in [-0.2, -0.15) is 0 Å². The fourth-order valence-corrected chi connectivity index (χ4v) is 2.73. The first kappa shape index (κ1) is 9.71. The number of aromatic nitrogens is 1. The van der Waals surface area contributed by atoms with Gasteiger partial charge in [0, 0.05) is 23.9 Å². The van der Waals surface area contributed by atoms with Crippen LogP contribution in [0.25, 0.3) is 0 Å². The molecule has 3 rings (SSSR count). The highest BCUT2D eigenvalue weighted by molar-refractivity contribution is 5.40. The molecule has 0 fully saturated rings. The van der Waals surface area contributed by atoms with E-state index in [1.54, 1.807) is 5.56 Å². The van der Waals surface area contributed by atoms with Crippen LogP contribution >= 0.6 is 0 Å². The minimum absolute atomic E-state index is 0.723.